The van der Waals surface area contributed by atoms with E-state index in [-0.39, 0.29) is 0 Å². The average molecular weight is 252 g/mol. The van der Waals surface area contributed by atoms with E-state index in [9.17, 15) is 0 Å². The van der Waals surface area contributed by atoms with Gasteiger partial charge in [-0.1, -0.05) is 39.0 Å². The summed E-state index contributed by atoms with van der Waals surface area (Å²) in [5.41, 5.74) is 0. The third kappa shape index (κ3) is 3.96. The molecule has 2 aliphatic heterocycles. The van der Waals surface area contributed by atoms with E-state index >= 15 is 0 Å². The lowest BCUT2D eigenvalue weighted by atomic mass is 9.94. The van der Waals surface area contributed by atoms with Crippen LogP contribution in [0.3, 0.4) is 0 Å². The molecule has 0 aromatic heterocycles. The molecule has 0 aromatic rings. The third-order valence-corrected chi connectivity index (χ3v) is 4.98. The Morgan fingerprint density at radius 3 is 2.78 bits per heavy atom. The molecule has 0 amide bonds. The fourth-order valence-electron chi connectivity index (χ4n) is 3.67. The summed E-state index contributed by atoms with van der Waals surface area (Å²) in [6.45, 7) is 8.65. The maximum atomic E-state index is 3.71. The zero-order chi connectivity index (χ0) is 12.8. The predicted molar refractivity (Wildman–Crippen MR) is 78.9 cm³/mol. The molecule has 2 rings (SSSR count). The van der Waals surface area contributed by atoms with Crippen LogP contribution in [0, 0.1) is 5.92 Å². The highest BCUT2D eigenvalue weighted by Crippen LogP contribution is 2.27. The predicted octanol–water partition coefficient (Wildman–Crippen LogP) is 3.42. The van der Waals surface area contributed by atoms with Crippen molar-refractivity contribution in [3.8, 4) is 0 Å². The molecular formula is C16H32N2. The Balaban J connectivity index is 1.62. The van der Waals surface area contributed by atoms with Crippen molar-refractivity contribution in [2.45, 2.75) is 77.3 Å². The highest BCUT2D eigenvalue weighted by Gasteiger charge is 2.35. The first-order valence-electron chi connectivity index (χ1n) is 8.28. The smallest absolute Gasteiger partial charge is 0.0235 e. The number of piperidine rings is 1. The zero-order valence-corrected chi connectivity index (χ0v) is 12.5. The minimum Gasteiger partial charge on any atom is -0.312 e. The van der Waals surface area contributed by atoms with Gasteiger partial charge in [-0.25, -0.2) is 0 Å². The van der Waals surface area contributed by atoms with Crippen LogP contribution in [0.25, 0.3) is 0 Å². The SMILES string of the molecule is CCCCCCCC(C)N1C[C@@H]2CCCN[C@@H]2C1. The number of hydrogen-bond donors (Lipinski definition) is 1. The Bertz CT molecular complexity index is 215. The normalized spacial score (nSPS) is 30.3. The van der Waals surface area contributed by atoms with E-state index in [2.05, 4.69) is 24.1 Å². The van der Waals surface area contributed by atoms with E-state index in [0.29, 0.717) is 0 Å². The number of nitrogens with zero attached hydrogens (tertiary/aromatic N) is 1. The Kier molecular flexibility index (Phi) is 5.97. The monoisotopic (exact) mass is 252 g/mol. The molecule has 2 fully saturated rings. The lowest BCUT2D eigenvalue weighted by Gasteiger charge is -2.25. The second kappa shape index (κ2) is 7.49. The van der Waals surface area contributed by atoms with Gasteiger partial charge in [0.15, 0.2) is 0 Å². The van der Waals surface area contributed by atoms with Gasteiger partial charge in [-0.15, -0.1) is 0 Å². The number of rotatable bonds is 7. The lowest BCUT2D eigenvalue weighted by Crippen LogP contribution is -2.41. The van der Waals surface area contributed by atoms with Gasteiger partial charge in [0, 0.05) is 25.2 Å². The van der Waals surface area contributed by atoms with Crippen molar-refractivity contribution in [1.29, 1.82) is 0 Å². The highest BCUT2D eigenvalue weighted by atomic mass is 15.2. The molecule has 0 spiro atoms. The Labute approximate surface area is 114 Å². The van der Waals surface area contributed by atoms with Gasteiger partial charge in [0.25, 0.3) is 0 Å². The van der Waals surface area contributed by atoms with Crippen LogP contribution in [0.2, 0.25) is 0 Å². The van der Waals surface area contributed by atoms with Gasteiger partial charge in [-0.2, -0.15) is 0 Å². The molecule has 1 N–H and O–H groups in total. The van der Waals surface area contributed by atoms with Crippen LogP contribution in [0.1, 0.15) is 65.2 Å². The standard InChI is InChI=1S/C16H32N2/c1-3-4-5-6-7-9-14(2)18-12-15-10-8-11-17-16(15)13-18/h14-17H,3-13H2,1-2H3/t14?,15-,16+/m0/s1. The topological polar surface area (TPSA) is 15.3 Å². The van der Waals surface area contributed by atoms with Crippen molar-refractivity contribution in [3.05, 3.63) is 0 Å². The van der Waals surface area contributed by atoms with Crippen molar-refractivity contribution < 1.29 is 0 Å². The van der Waals surface area contributed by atoms with Gasteiger partial charge >= 0.3 is 0 Å². The molecule has 0 bridgehead atoms. The summed E-state index contributed by atoms with van der Waals surface area (Å²) in [6, 6.07) is 1.61. The van der Waals surface area contributed by atoms with Crippen LogP contribution in [0.15, 0.2) is 0 Å². The van der Waals surface area contributed by atoms with E-state index < -0.39 is 0 Å². The van der Waals surface area contributed by atoms with Gasteiger partial charge < -0.3 is 5.32 Å². The van der Waals surface area contributed by atoms with Crippen LogP contribution in [-0.4, -0.2) is 36.6 Å². The van der Waals surface area contributed by atoms with Crippen molar-refractivity contribution in [1.82, 2.24) is 10.2 Å². The maximum absolute atomic E-state index is 3.71. The minimum absolute atomic E-state index is 0.805. The van der Waals surface area contributed by atoms with E-state index in [0.717, 1.165) is 18.0 Å². The molecule has 18 heavy (non-hydrogen) atoms. The number of unbranched alkanes of at least 4 members (excludes halogenated alkanes) is 4. The van der Waals surface area contributed by atoms with Crippen LogP contribution in [0.5, 0.6) is 0 Å². The zero-order valence-electron chi connectivity index (χ0n) is 12.5. The highest BCUT2D eigenvalue weighted by molar-refractivity contribution is 4.93. The van der Waals surface area contributed by atoms with Crippen LogP contribution < -0.4 is 5.32 Å². The number of nitrogens with one attached hydrogen (secondary N) is 1. The molecule has 0 aromatic carbocycles. The molecule has 1 unspecified atom stereocenters. The molecular weight excluding hydrogens is 220 g/mol. The molecule has 2 heterocycles. The van der Waals surface area contributed by atoms with Gasteiger partial charge in [-0.3, -0.25) is 4.90 Å². The summed E-state index contributed by atoms with van der Waals surface area (Å²) in [4.78, 5) is 2.74. The molecule has 2 nitrogen and oxygen atoms in total. The summed E-state index contributed by atoms with van der Waals surface area (Å²) < 4.78 is 0. The summed E-state index contributed by atoms with van der Waals surface area (Å²) in [7, 11) is 0. The van der Waals surface area contributed by atoms with Crippen LogP contribution in [-0.2, 0) is 0 Å². The van der Waals surface area contributed by atoms with Crippen molar-refractivity contribution in [2.24, 2.45) is 5.92 Å². The summed E-state index contributed by atoms with van der Waals surface area (Å²) >= 11 is 0. The molecule has 106 valence electrons. The third-order valence-electron chi connectivity index (χ3n) is 4.98. The van der Waals surface area contributed by atoms with E-state index in [1.165, 1.54) is 71.0 Å². The molecule has 0 saturated carbocycles. The first kappa shape index (κ1) is 14.3. The first-order valence-corrected chi connectivity index (χ1v) is 8.28. The number of hydrogen-bond acceptors (Lipinski definition) is 2. The number of likely N-dealkylation sites (tertiary alicyclic amines) is 1. The van der Waals surface area contributed by atoms with E-state index in [4.69, 9.17) is 0 Å². The summed E-state index contributed by atoms with van der Waals surface area (Å²) in [6.07, 6.45) is 11.3. The Hall–Kier alpha value is -0.0800. The van der Waals surface area contributed by atoms with Gasteiger partial charge in [-0.05, 0) is 38.6 Å². The van der Waals surface area contributed by atoms with Crippen molar-refractivity contribution >= 4 is 0 Å². The Morgan fingerprint density at radius 1 is 1.17 bits per heavy atom. The quantitative estimate of drug-likeness (QED) is 0.698. The van der Waals surface area contributed by atoms with Crippen LogP contribution >= 0.6 is 0 Å². The van der Waals surface area contributed by atoms with Crippen LogP contribution in [0.4, 0.5) is 0 Å². The van der Waals surface area contributed by atoms with Crippen molar-refractivity contribution in [3.63, 3.8) is 0 Å². The molecule has 0 radical (unpaired) electrons. The second-order valence-corrected chi connectivity index (χ2v) is 6.47. The lowest BCUT2D eigenvalue weighted by molar-refractivity contribution is 0.231. The Morgan fingerprint density at radius 2 is 2.00 bits per heavy atom. The van der Waals surface area contributed by atoms with Gasteiger partial charge in [0.2, 0.25) is 0 Å². The average Bonchev–Trinajstić information content (AvgIpc) is 2.82. The number of fused-ring (bicyclic) bond motifs is 1. The summed E-state index contributed by atoms with van der Waals surface area (Å²) in [5, 5.41) is 3.71. The van der Waals surface area contributed by atoms with E-state index in [1.54, 1.807) is 0 Å². The fraction of sp³-hybridized carbons (Fsp3) is 1.00. The maximum Gasteiger partial charge on any atom is 0.0235 e. The second-order valence-electron chi connectivity index (χ2n) is 6.47. The summed E-state index contributed by atoms with van der Waals surface area (Å²) in [5.74, 6) is 0.946. The molecule has 2 heteroatoms. The van der Waals surface area contributed by atoms with E-state index in [1.807, 2.05) is 0 Å². The molecule has 2 aliphatic rings. The molecule has 3 atom stereocenters. The van der Waals surface area contributed by atoms with Crippen molar-refractivity contribution in [2.75, 3.05) is 19.6 Å². The minimum atomic E-state index is 0.805. The molecule has 0 aliphatic carbocycles. The van der Waals surface area contributed by atoms with Gasteiger partial charge in [0.05, 0.1) is 0 Å². The fourth-order valence-corrected chi connectivity index (χ4v) is 3.67. The van der Waals surface area contributed by atoms with Gasteiger partial charge in [0.1, 0.15) is 0 Å². The molecule has 2 saturated heterocycles. The largest absolute Gasteiger partial charge is 0.312 e. The first-order chi connectivity index (χ1) is 8.81.